The molecule has 0 atom stereocenters. The van der Waals surface area contributed by atoms with Gasteiger partial charge in [0.1, 0.15) is 0 Å². The Balaban J connectivity index is 2.56. The molecule has 80 valence electrons. The summed E-state index contributed by atoms with van der Waals surface area (Å²) in [5, 5.41) is 17.8. The van der Waals surface area contributed by atoms with Gasteiger partial charge >= 0.3 is 0 Å². The van der Waals surface area contributed by atoms with Gasteiger partial charge in [-0.2, -0.15) is 10.5 Å². The molecule has 2 nitrogen and oxygen atoms in total. The lowest BCUT2D eigenvalue weighted by Crippen LogP contribution is -1.85. The van der Waals surface area contributed by atoms with Crippen molar-refractivity contribution in [3.05, 3.63) is 58.1 Å². The fourth-order valence-electron chi connectivity index (χ4n) is 1.58. The Hall–Kier alpha value is -2.10. The normalized spacial score (nSPS) is 9.35. The van der Waals surface area contributed by atoms with Gasteiger partial charge in [-0.05, 0) is 35.9 Å². The van der Waals surface area contributed by atoms with Gasteiger partial charge in [-0.25, -0.2) is 0 Å². The maximum absolute atomic E-state index is 9.05. The molecular formula is C14H7BrN2. The number of nitriles is 2. The lowest BCUT2D eigenvalue weighted by atomic mass is 9.99. The van der Waals surface area contributed by atoms with E-state index < -0.39 is 0 Å². The van der Waals surface area contributed by atoms with Crippen LogP contribution < -0.4 is 0 Å². The Morgan fingerprint density at radius 2 is 1.59 bits per heavy atom. The zero-order valence-electron chi connectivity index (χ0n) is 8.81. The molecule has 0 saturated heterocycles. The van der Waals surface area contributed by atoms with E-state index in [1.54, 1.807) is 18.2 Å². The summed E-state index contributed by atoms with van der Waals surface area (Å²) >= 11 is 3.39. The van der Waals surface area contributed by atoms with E-state index in [0.29, 0.717) is 11.1 Å². The highest BCUT2D eigenvalue weighted by molar-refractivity contribution is 9.10. The molecule has 0 aliphatic carbocycles. The van der Waals surface area contributed by atoms with Crippen LogP contribution in [0.4, 0.5) is 0 Å². The van der Waals surface area contributed by atoms with Crippen LogP contribution in [-0.4, -0.2) is 0 Å². The standard InChI is InChI=1S/C14H7BrN2/c15-13-6-5-12(9-17)14(7-13)11-3-1-10(8-16)2-4-11/h1-7H. The van der Waals surface area contributed by atoms with Gasteiger partial charge in [-0.15, -0.1) is 0 Å². The average Bonchev–Trinajstić information content (AvgIpc) is 2.39. The Kier molecular flexibility index (Phi) is 3.23. The van der Waals surface area contributed by atoms with Crippen molar-refractivity contribution in [3.8, 4) is 23.3 Å². The van der Waals surface area contributed by atoms with Crippen LogP contribution in [0.1, 0.15) is 11.1 Å². The fourth-order valence-corrected chi connectivity index (χ4v) is 1.94. The van der Waals surface area contributed by atoms with Crippen LogP contribution in [-0.2, 0) is 0 Å². The number of halogens is 1. The van der Waals surface area contributed by atoms with Crippen LogP contribution in [0.2, 0.25) is 0 Å². The van der Waals surface area contributed by atoms with E-state index in [1.165, 1.54) is 0 Å². The summed E-state index contributed by atoms with van der Waals surface area (Å²) in [5.41, 5.74) is 3.04. The Morgan fingerprint density at radius 1 is 0.882 bits per heavy atom. The third kappa shape index (κ3) is 2.36. The second-order valence-electron chi connectivity index (χ2n) is 3.49. The Bertz CT molecular complexity index is 631. The van der Waals surface area contributed by atoms with Crippen LogP contribution in [0.5, 0.6) is 0 Å². The van der Waals surface area contributed by atoms with E-state index in [0.717, 1.165) is 15.6 Å². The minimum atomic E-state index is 0.613. The molecule has 2 aromatic carbocycles. The molecule has 17 heavy (non-hydrogen) atoms. The zero-order chi connectivity index (χ0) is 12.3. The van der Waals surface area contributed by atoms with E-state index in [2.05, 4.69) is 28.1 Å². The summed E-state index contributed by atoms with van der Waals surface area (Å²) in [6, 6.07) is 16.9. The smallest absolute Gasteiger partial charge is 0.0998 e. The van der Waals surface area contributed by atoms with Gasteiger partial charge in [-0.3, -0.25) is 0 Å². The van der Waals surface area contributed by atoms with E-state index in [4.69, 9.17) is 10.5 Å². The van der Waals surface area contributed by atoms with E-state index in [9.17, 15) is 0 Å². The van der Waals surface area contributed by atoms with Crippen molar-refractivity contribution in [1.29, 1.82) is 10.5 Å². The maximum atomic E-state index is 9.05. The molecule has 2 aromatic rings. The number of benzene rings is 2. The molecule has 0 bridgehead atoms. The molecule has 0 aliphatic rings. The molecule has 0 aliphatic heterocycles. The highest BCUT2D eigenvalue weighted by Crippen LogP contribution is 2.27. The van der Waals surface area contributed by atoms with Crippen LogP contribution in [0.3, 0.4) is 0 Å². The first-order valence-electron chi connectivity index (χ1n) is 4.95. The number of hydrogen-bond donors (Lipinski definition) is 0. The third-order valence-electron chi connectivity index (χ3n) is 2.43. The summed E-state index contributed by atoms with van der Waals surface area (Å²) in [5.74, 6) is 0. The molecule has 3 heteroatoms. The summed E-state index contributed by atoms with van der Waals surface area (Å²) < 4.78 is 0.927. The van der Waals surface area contributed by atoms with Crippen molar-refractivity contribution < 1.29 is 0 Å². The van der Waals surface area contributed by atoms with Crippen LogP contribution in [0, 0.1) is 22.7 Å². The molecule has 0 N–H and O–H groups in total. The zero-order valence-corrected chi connectivity index (χ0v) is 10.4. The van der Waals surface area contributed by atoms with Crippen molar-refractivity contribution in [2.45, 2.75) is 0 Å². The summed E-state index contributed by atoms with van der Waals surface area (Å²) in [7, 11) is 0. The monoisotopic (exact) mass is 282 g/mol. The molecule has 0 spiro atoms. The van der Waals surface area contributed by atoms with E-state index in [1.807, 2.05) is 24.3 Å². The van der Waals surface area contributed by atoms with Crippen molar-refractivity contribution in [2.75, 3.05) is 0 Å². The first-order valence-corrected chi connectivity index (χ1v) is 5.74. The molecule has 0 fully saturated rings. The second kappa shape index (κ2) is 4.82. The van der Waals surface area contributed by atoms with Crippen molar-refractivity contribution >= 4 is 15.9 Å². The topological polar surface area (TPSA) is 47.6 Å². The summed E-state index contributed by atoms with van der Waals surface area (Å²) in [4.78, 5) is 0. The number of rotatable bonds is 1. The highest BCUT2D eigenvalue weighted by atomic mass is 79.9. The molecular weight excluding hydrogens is 276 g/mol. The van der Waals surface area contributed by atoms with Crippen LogP contribution in [0.15, 0.2) is 46.9 Å². The summed E-state index contributed by atoms with van der Waals surface area (Å²) in [6.45, 7) is 0. The highest BCUT2D eigenvalue weighted by Gasteiger charge is 2.05. The van der Waals surface area contributed by atoms with E-state index in [-0.39, 0.29) is 0 Å². The fraction of sp³-hybridized carbons (Fsp3) is 0. The van der Waals surface area contributed by atoms with Gasteiger partial charge in [0, 0.05) is 10.0 Å². The van der Waals surface area contributed by atoms with Gasteiger partial charge < -0.3 is 0 Å². The van der Waals surface area contributed by atoms with Gasteiger partial charge in [0.25, 0.3) is 0 Å². The van der Waals surface area contributed by atoms with Crippen LogP contribution in [0.25, 0.3) is 11.1 Å². The second-order valence-corrected chi connectivity index (χ2v) is 4.41. The molecule has 0 amide bonds. The Labute approximate surface area is 108 Å². The quantitative estimate of drug-likeness (QED) is 0.797. The Morgan fingerprint density at radius 3 is 2.18 bits per heavy atom. The molecule has 0 saturated carbocycles. The van der Waals surface area contributed by atoms with E-state index >= 15 is 0 Å². The lowest BCUT2D eigenvalue weighted by molar-refractivity contribution is 1.46. The molecule has 0 radical (unpaired) electrons. The average molecular weight is 283 g/mol. The number of hydrogen-bond acceptors (Lipinski definition) is 2. The van der Waals surface area contributed by atoms with Crippen LogP contribution >= 0.6 is 15.9 Å². The minimum Gasteiger partial charge on any atom is -0.192 e. The predicted molar refractivity (Wildman–Crippen MR) is 69.0 cm³/mol. The van der Waals surface area contributed by atoms with Gasteiger partial charge in [0.15, 0.2) is 0 Å². The van der Waals surface area contributed by atoms with Gasteiger partial charge in [-0.1, -0.05) is 28.1 Å². The number of nitrogens with zero attached hydrogens (tertiary/aromatic N) is 2. The van der Waals surface area contributed by atoms with Crippen molar-refractivity contribution in [3.63, 3.8) is 0 Å². The lowest BCUT2D eigenvalue weighted by Gasteiger charge is -2.05. The van der Waals surface area contributed by atoms with Gasteiger partial charge in [0.05, 0.1) is 23.3 Å². The first-order chi connectivity index (χ1) is 8.24. The largest absolute Gasteiger partial charge is 0.192 e. The maximum Gasteiger partial charge on any atom is 0.0998 e. The van der Waals surface area contributed by atoms with Crippen molar-refractivity contribution in [1.82, 2.24) is 0 Å². The predicted octanol–water partition coefficient (Wildman–Crippen LogP) is 3.86. The summed E-state index contributed by atoms with van der Waals surface area (Å²) in [6.07, 6.45) is 0. The molecule has 2 rings (SSSR count). The third-order valence-corrected chi connectivity index (χ3v) is 2.92. The SMILES string of the molecule is N#Cc1ccc(-c2cc(Br)ccc2C#N)cc1. The van der Waals surface area contributed by atoms with Crippen molar-refractivity contribution in [2.24, 2.45) is 0 Å². The molecule has 0 heterocycles. The van der Waals surface area contributed by atoms with Gasteiger partial charge in [0.2, 0.25) is 0 Å². The first kappa shape index (κ1) is 11.4. The molecule has 0 unspecified atom stereocenters. The minimum absolute atomic E-state index is 0.613. The molecule has 0 aromatic heterocycles.